The summed E-state index contributed by atoms with van der Waals surface area (Å²) in [6.07, 6.45) is 11.1. The highest BCUT2D eigenvalue weighted by Crippen LogP contribution is 2.67. The molecule has 0 aromatic rings. The van der Waals surface area contributed by atoms with Crippen LogP contribution in [-0.2, 0) is 9.47 Å². The summed E-state index contributed by atoms with van der Waals surface area (Å²) in [4.78, 5) is 0. The van der Waals surface area contributed by atoms with E-state index in [-0.39, 0.29) is 0 Å². The van der Waals surface area contributed by atoms with Gasteiger partial charge in [0.25, 0.3) is 0 Å². The van der Waals surface area contributed by atoms with Crippen LogP contribution < -0.4 is 0 Å². The van der Waals surface area contributed by atoms with Gasteiger partial charge in [0, 0.05) is 14.2 Å². The van der Waals surface area contributed by atoms with Crippen molar-refractivity contribution in [3.05, 3.63) is 0 Å². The minimum absolute atomic E-state index is 0.380. The Balaban J connectivity index is 1.53. The third kappa shape index (κ3) is 3.07. The average molecular weight is 375 g/mol. The van der Waals surface area contributed by atoms with Crippen molar-refractivity contribution in [3.63, 3.8) is 0 Å². The Labute approximate surface area is 165 Å². The lowest BCUT2D eigenvalue weighted by molar-refractivity contribution is -0.146. The molecule has 0 radical (unpaired) electrons. The molecule has 0 heterocycles. The van der Waals surface area contributed by atoms with Crippen LogP contribution in [0.1, 0.15) is 71.6 Å². The molecule has 3 nitrogen and oxygen atoms in total. The quantitative estimate of drug-likeness (QED) is 0.727. The molecular weight excluding hydrogens is 336 g/mol. The van der Waals surface area contributed by atoms with Gasteiger partial charge in [-0.25, -0.2) is 0 Å². The second kappa shape index (κ2) is 7.05. The summed E-state index contributed by atoms with van der Waals surface area (Å²) < 4.78 is 11.0. The predicted molar refractivity (Wildman–Crippen MR) is 107 cm³/mol. The van der Waals surface area contributed by atoms with Gasteiger partial charge in [0.05, 0.1) is 6.10 Å². The van der Waals surface area contributed by atoms with E-state index in [9.17, 15) is 5.11 Å². The van der Waals surface area contributed by atoms with E-state index in [0.717, 1.165) is 37.0 Å². The highest BCUT2D eigenvalue weighted by atomic mass is 16.5. The van der Waals surface area contributed by atoms with Gasteiger partial charge in [0.1, 0.15) is 12.2 Å². The predicted octanol–water partition coefficient (Wildman–Crippen LogP) is 4.43. The second-order valence-corrected chi connectivity index (χ2v) is 10.5. The van der Waals surface area contributed by atoms with E-state index in [4.69, 9.17) is 9.47 Å². The Morgan fingerprint density at radius 1 is 0.926 bits per heavy atom. The van der Waals surface area contributed by atoms with Crippen molar-refractivity contribution < 1.29 is 14.6 Å². The Bertz CT molecular complexity index is 621. The van der Waals surface area contributed by atoms with Crippen molar-refractivity contribution in [2.75, 3.05) is 20.8 Å². The molecule has 4 fully saturated rings. The standard InChI is InChI=1S/C24H38O3/c1-22-13-14-24(25,11-5-15-26-3)16-17(22)6-7-18-19-8-9-21(27-4)23(19,2)12-10-20(18)22/h17-21,25H,6-10,12-16H2,1-4H3/t17?,18-,19-,20+,21?,22-,23-,24?/m0/s1. The summed E-state index contributed by atoms with van der Waals surface area (Å²) in [7, 11) is 3.57. The normalized spacial score (nSPS) is 51.5. The summed E-state index contributed by atoms with van der Waals surface area (Å²) in [6, 6.07) is 0. The Morgan fingerprint density at radius 2 is 1.70 bits per heavy atom. The number of ether oxygens (including phenoxy) is 2. The summed E-state index contributed by atoms with van der Waals surface area (Å²) in [6.45, 7) is 5.46. The molecule has 27 heavy (non-hydrogen) atoms. The van der Waals surface area contributed by atoms with E-state index in [1.165, 1.54) is 38.5 Å². The fourth-order valence-corrected chi connectivity index (χ4v) is 7.97. The van der Waals surface area contributed by atoms with Crippen LogP contribution in [0.3, 0.4) is 0 Å². The van der Waals surface area contributed by atoms with Crippen molar-refractivity contribution in [2.45, 2.75) is 83.3 Å². The molecule has 3 heteroatoms. The Kier molecular flexibility index (Phi) is 5.15. The highest BCUT2D eigenvalue weighted by molar-refractivity contribution is 5.19. The number of hydrogen-bond donors (Lipinski definition) is 1. The van der Waals surface area contributed by atoms with Gasteiger partial charge < -0.3 is 14.6 Å². The van der Waals surface area contributed by atoms with Gasteiger partial charge in [-0.05, 0) is 92.3 Å². The van der Waals surface area contributed by atoms with Gasteiger partial charge in [-0.15, -0.1) is 0 Å². The van der Waals surface area contributed by atoms with E-state index >= 15 is 0 Å². The van der Waals surface area contributed by atoms with Crippen LogP contribution in [-0.4, -0.2) is 37.6 Å². The third-order valence-corrected chi connectivity index (χ3v) is 9.46. The number of rotatable bonds is 2. The lowest BCUT2D eigenvalue weighted by Crippen LogP contribution is -2.56. The molecular formula is C24H38O3. The van der Waals surface area contributed by atoms with E-state index < -0.39 is 5.60 Å². The van der Waals surface area contributed by atoms with E-state index in [1.54, 1.807) is 7.11 Å². The molecule has 3 unspecified atom stereocenters. The summed E-state index contributed by atoms with van der Waals surface area (Å²) in [5.74, 6) is 9.28. The average Bonchev–Trinajstić information content (AvgIpc) is 2.99. The fraction of sp³-hybridized carbons (Fsp3) is 0.917. The minimum atomic E-state index is -0.798. The van der Waals surface area contributed by atoms with Crippen LogP contribution in [0.4, 0.5) is 0 Å². The maximum absolute atomic E-state index is 11.1. The van der Waals surface area contributed by atoms with E-state index in [0.29, 0.717) is 29.5 Å². The molecule has 8 atom stereocenters. The molecule has 4 saturated carbocycles. The Hall–Kier alpha value is -0.560. The van der Waals surface area contributed by atoms with Crippen molar-refractivity contribution >= 4 is 0 Å². The topological polar surface area (TPSA) is 38.7 Å². The summed E-state index contributed by atoms with van der Waals surface area (Å²) in [5.41, 5.74) is -0.0298. The van der Waals surface area contributed by atoms with Gasteiger partial charge in [-0.2, -0.15) is 0 Å². The molecule has 0 aromatic carbocycles. The van der Waals surface area contributed by atoms with Crippen molar-refractivity contribution in [1.29, 1.82) is 0 Å². The van der Waals surface area contributed by atoms with E-state index in [2.05, 4.69) is 25.7 Å². The maximum atomic E-state index is 11.1. The minimum Gasteiger partial charge on any atom is -0.381 e. The summed E-state index contributed by atoms with van der Waals surface area (Å²) in [5, 5.41) is 11.1. The smallest absolute Gasteiger partial charge is 0.125 e. The SMILES string of the molecule is COCC#CC1(O)CC[C@@]2(C)C(CC[C@@H]3[C@H]2CC[C@]2(C)C(OC)CC[C@@H]32)C1. The van der Waals surface area contributed by atoms with Crippen LogP contribution in [0, 0.1) is 46.3 Å². The first-order chi connectivity index (χ1) is 12.9. The highest BCUT2D eigenvalue weighted by Gasteiger charge is 2.61. The van der Waals surface area contributed by atoms with Crippen molar-refractivity contribution in [2.24, 2.45) is 34.5 Å². The first-order valence-electron chi connectivity index (χ1n) is 11.1. The zero-order chi connectivity index (χ0) is 19.3. The number of fused-ring (bicyclic) bond motifs is 5. The lowest BCUT2D eigenvalue weighted by Gasteiger charge is -2.61. The van der Waals surface area contributed by atoms with Gasteiger partial charge in [-0.1, -0.05) is 25.7 Å². The monoisotopic (exact) mass is 374 g/mol. The molecule has 152 valence electrons. The van der Waals surface area contributed by atoms with Crippen LogP contribution in [0.25, 0.3) is 0 Å². The van der Waals surface area contributed by atoms with Gasteiger partial charge in [0.2, 0.25) is 0 Å². The molecule has 0 aliphatic heterocycles. The molecule has 0 aromatic heterocycles. The van der Waals surface area contributed by atoms with Crippen molar-refractivity contribution in [3.8, 4) is 11.8 Å². The number of aliphatic hydroxyl groups is 1. The fourth-order valence-electron chi connectivity index (χ4n) is 7.97. The molecule has 4 rings (SSSR count). The van der Waals surface area contributed by atoms with Gasteiger partial charge in [0.15, 0.2) is 0 Å². The second-order valence-electron chi connectivity index (χ2n) is 10.5. The molecule has 4 aliphatic rings. The van der Waals surface area contributed by atoms with Crippen LogP contribution in [0.15, 0.2) is 0 Å². The van der Waals surface area contributed by atoms with Crippen molar-refractivity contribution in [1.82, 2.24) is 0 Å². The molecule has 0 bridgehead atoms. The number of methoxy groups -OCH3 is 2. The molecule has 0 amide bonds. The first-order valence-corrected chi connectivity index (χ1v) is 11.1. The van der Waals surface area contributed by atoms with E-state index in [1.807, 2.05) is 7.11 Å². The molecule has 4 aliphatic carbocycles. The summed E-state index contributed by atoms with van der Waals surface area (Å²) >= 11 is 0. The number of hydrogen-bond acceptors (Lipinski definition) is 3. The molecule has 0 saturated heterocycles. The molecule has 0 spiro atoms. The largest absolute Gasteiger partial charge is 0.381 e. The van der Waals surface area contributed by atoms with Gasteiger partial charge in [-0.3, -0.25) is 0 Å². The lowest BCUT2D eigenvalue weighted by atomic mass is 9.44. The van der Waals surface area contributed by atoms with Crippen LogP contribution >= 0.6 is 0 Å². The Morgan fingerprint density at radius 3 is 2.44 bits per heavy atom. The van der Waals surface area contributed by atoms with Crippen LogP contribution in [0.2, 0.25) is 0 Å². The first kappa shape index (κ1) is 19.7. The molecule has 1 N–H and O–H groups in total. The zero-order valence-electron chi connectivity index (χ0n) is 17.7. The maximum Gasteiger partial charge on any atom is 0.125 e. The third-order valence-electron chi connectivity index (χ3n) is 9.46. The van der Waals surface area contributed by atoms with Gasteiger partial charge >= 0.3 is 0 Å². The zero-order valence-corrected chi connectivity index (χ0v) is 17.7. The van der Waals surface area contributed by atoms with Crippen LogP contribution in [0.5, 0.6) is 0 Å².